The van der Waals surface area contributed by atoms with E-state index in [0.717, 1.165) is 0 Å². The quantitative estimate of drug-likeness (QED) is 0.688. The van der Waals surface area contributed by atoms with Gasteiger partial charge in [0.15, 0.2) is 0 Å². The molecule has 2 rings (SSSR count). The Kier molecular flexibility index (Phi) is 7.82. The number of hydrogen-bond donors (Lipinski definition) is 2. The van der Waals surface area contributed by atoms with Crippen LogP contribution in [0.1, 0.15) is 6.92 Å². The van der Waals surface area contributed by atoms with E-state index < -0.39 is 5.25 Å². The molecule has 0 aliphatic rings. The number of amides is 2. The largest absolute Gasteiger partial charge is 0.497 e. The van der Waals surface area contributed by atoms with Crippen LogP contribution in [-0.4, -0.2) is 37.0 Å². The molecule has 0 bridgehead atoms. The second kappa shape index (κ2) is 10.1. The fraction of sp³-hybridized carbons (Fsp3) is 0.263. The third-order valence-electron chi connectivity index (χ3n) is 3.63. The minimum absolute atomic E-state index is 0.146. The third-order valence-corrected chi connectivity index (χ3v) is 5.00. The number of benzene rings is 2. The minimum Gasteiger partial charge on any atom is -0.497 e. The van der Waals surface area contributed by atoms with E-state index in [0.29, 0.717) is 27.9 Å². The number of nitrogens with one attached hydrogen (secondary N) is 2. The lowest BCUT2D eigenvalue weighted by molar-refractivity contribution is -0.115. The van der Waals surface area contributed by atoms with Crippen molar-refractivity contribution in [2.75, 3.05) is 30.6 Å². The molecule has 0 fully saturated rings. The molecule has 0 saturated carbocycles. The summed E-state index contributed by atoms with van der Waals surface area (Å²) in [6, 6.07) is 12.0. The molecule has 0 aliphatic heterocycles. The molecule has 2 N–H and O–H groups in total. The number of ether oxygens (including phenoxy) is 2. The van der Waals surface area contributed by atoms with Gasteiger partial charge >= 0.3 is 0 Å². The molecule has 27 heavy (non-hydrogen) atoms. The predicted octanol–water partition coefficient (Wildman–Crippen LogP) is 4.06. The van der Waals surface area contributed by atoms with Crippen LogP contribution in [0.15, 0.2) is 42.5 Å². The summed E-state index contributed by atoms with van der Waals surface area (Å²) >= 11 is 7.20. The fourth-order valence-corrected chi connectivity index (χ4v) is 3.02. The van der Waals surface area contributed by atoms with E-state index in [2.05, 4.69) is 10.6 Å². The second-order valence-electron chi connectivity index (χ2n) is 5.56. The highest BCUT2D eigenvalue weighted by Crippen LogP contribution is 2.28. The molecule has 2 aromatic rings. The number of halogens is 1. The molecule has 1 unspecified atom stereocenters. The van der Waals surface area contributed by atoms with Gasteiger partial charge in [-0.3, -0.25) is 9.59 Å². The molecule has 0 radical (unpaired) electrons. The lowest BCUT2D eigenvalue weighted by atomic mass is 10.3. The molecule has 1 atom stereocenters. The van der Waals surface area contributed by atoms with Crippen molar-refractivity contribution in [2.45, 2.75) is 12.2 Å². The molecular formula is C19H21ClN2O4S. The van der Waals surface area contributed by atoms with Crippen molar-refractivity contribution in [2.24, 2.45) is 0 Å². The zero-order valence-electron chi connectivity index (χ0n) is 15.2. The normalized spacial score (nSPS) is 11.4. The Labute approximate surface area is 167 Å². The van der Waals surface area contributed by atoms with Gasteiger partial charge in [0.25, 0.3) is 0 Å². The van der Waals surface area contributed by atoms with Crippen LogP contribution in [0.25, 0.3) is 0 Å². The SMILES string of the molecule is COc1ccc(NC(=O)CSC(C)C(=O)Nc2cc(Cl)ccc2OC)cc1. The van der Waals surface area contributed by atoms with Crippen LogP contribution in [0.2, 0.25) is 5.02 Å². The summed E-state index contributed by atoms with van der Waals surface area (Å²) in [6.07, 6.45) is 0. The first-order valence-corrected chi connectivity index (χ1v) is 9.55. The van der Waals surface area contributed by atoms with Crippen molar-refractivity contribution in [3.05, 3.63) is 47.5 Å². The van der Waals surface area contributed by atoms with Crippen molar-refractivity contribution in [3.63, 3.8) is 0 Å². The van der Waals surface area contributed by atoms with Crippen LogP contribution in [0.4, 0.5) is 11.4 Å². The number of anilines is 2. The fourth-order valence-electron chi connectivity index (χ4n) is 2.16. The van der Waals surface area contributed by atoms with Gasteiger partial charge in [-0.05, 0) is 49.4 Å². The summed E-state index contributed by atoms with van der Waals surface area (Å²) in [5.74, 6) is 0.946. The molecule has 0 spiro atoms. The van der Waals surface area contributed by atoms with E-state index in [-0.39, 0.29) is 17.6 Å². The highest BCUT2D eigenvalue weighted by Gasteiger charge is 2.17. The number of rotatable bonds is 8. The Morgan fingerprint density at radius 3 is 2.41 bits per heavy atom. The van der Waals surface area contributed by atoms with Gasteiger partial charge in [-0.1, -0.05) is 11.6 Å². The molecule has 144 valence electrons. The van der Waals surface area contributed by atoms with Crippen molar-refractivity contribution >= 4 is 46.6 Å². The second-order valence-corrected chi connectivity index (χ2v) is 7.33. The van der Waals surface area contributed by atoms with E-state index in [1.807, 2.05) is 0 Å². The Morgan fingerprint density at radius 1 is 1.07 bits per heavy atom. The van der Waals surface area contributed by atoms with Crippen LogP contribution >= 0.6 is 23.4 Å². The van der Waals surface area contributed by atoms with E-state index in [9.17, 15) is 9.59 Å². The monoisotopic (exact) mass is 408 g/mol. The van der Waals surface area contributed by atoms with Crippen molar-refractivity contribution in [1.29, 1.82) is 0 Å². The number of carbonyl (C=O) groups excluding carboxylic acids is 2. The molecule has 6 nitrogen and oxygen atoms in total. The first kappa shape index (κ1) is 20.9. The molecule has 2 aromatic carbocycles. The van der Waals surface area contributed by atoms with Crippen LogP contribution in [-0.2, 0) is 9.59 Å². The molecule has 8 heteroatoms. The minimum atomic E-state index is -0.435. The summed E-state index contributed by atoms with van der Waals surface area (Å²) in [4.78, 5) is 24.4. The highest BCUT2D eigenvalue weighted by molar-refractivity contribution is 8.01. The summed E-state index contributed by atoms with van der Waals surface area (Å²) in [6.45, 7) is 1.73. The first-order chi connectivity index (χ1) is 12.9. The van der Waals surface area contributed by atoms with Crippen LogP contribution in [0.5, 0.6) is 11.5 Å². The molecule has 0 aromatic heterocycles. The van der Waals surface area contributed by atoms with E-state index in [1.165, 1.54) is 18.9 Å². The lowest BCUT2D eigenvalue weighted by Crippen LogP contribution is -2.25. The van der Waals surface area contributed by atoms with Crippen molar-refractivity contribution in [1.82, 2.24) is 0 Å². The van der Waals surface area contributed by atoms with Crippen LogP contribution in [0, 0.1) is 0 Å². The van der Waals surface area contributed by atoms with Gasteiger partial charge in [0.1, 0.15) is 11.5 Å². The summed E-state index contributed by atoms with van der Waals surface area (Å²) in [5, 5.41) is 5.61. The Balaban J connectivity index is 1.85. The maximum Gasteiger partial charge on any atom is 0.237 e. The van der Waals surface area contributed by atoms with Gasteiger partial charge in [0, 0.05) is 10.7 Å². The number of thioether (sulfide) groups is 1. The maximum atomic E-state index is 12.4. The van der Waals surface area contributed by atoms with Gasteiger partial charge in [-0.25, -0.2) is 0 Å². The summed E-state index contributed by atoms with van der Waals surface area (Å²) < 4.78 is 10.3. The number of hydrogen-bond acceptors (Lipinski definition) is 5. The zero-order chi connectivity index (χ0) is 19.8. The Hall–Kier alpha value is -2.38. The Bertz CT molecular complexity index is 799. The van der Waals surface area contributed by atoms with Crippen LogP contribution < -0.4 is 20.1 Å². The molecule has 2 amide bonds. The number of methoxy groups -OCH3 is 2. The first-order valence-electron chi connectivity index (χ1n) is 8.13. The predicted molar refractivity (Wildman–Crippen MR) is 110 cm³/mol. The van der Waals surface area contributed by atoms with Gasteiger partial charge < -0.3 is 20.1 Å². The lowest BCUT2D eigenvalue weighted by Gasteiger charge is -2.14. The van der Waals surface area contributed by atoms with Crippen molar-refractivity contribution in [3.8, 4) is 11.5 Å². The van der Waals surface area contributed by atoms with E-state index in [4.69, 9.17) is 21.1 Å². The van der Waals surface area contributed by atoms with Gasteiger partial charge in [0.05, 0.1) is 30.9 Å². The zero-order valence-corrected chi connectivity index (χ0v) is 16.8. The topological polar surface area (TPSA) is 76.7 Å². The van der Waals surface area contributed by atoms with Crippen molar-refractivity contribution < 1.29 is 19.1 Å². The highest BCUT2D eigenvalue weighted by atomic mass is 35.5. The van der Waals surface area contributed by atoms with Gasteiger partial charge in [0.2, 0.25) is 11.8 Å². The summed E-state index contributed by atoms with van der Waals surface area (Å²) in [5.41, 5.74) is 1.16. The summed E-state index contributed by atoms with van der Waals surface area (Å²) in [7, 11) is 3.09. The average Bonchev–Trinajstić information content (AvgIpc) is 2.67. The number of carbonyl (C=O) groups is 2. The van der Waals surface area contributed by atoms with E-state index in [1.54, 1.807) is 56.5 Å². The molecule has 0 saturated heterocycles. The maximum absolute atomic E-state index is 12.4. The van der Waals surface area contributed by atoms with E-state index >= 15 is 0 Å². The molecule has 0 aliphatic carbocycles. The molecular weight excluding hydrogens is 388 g/mol. The standard InChI is InChI=1S/C19H21ClN2O4S/c1-12(19(24)22-16-10-13(20)4-9-17(16)26-3)27-11-18(23)21-14-5-7-15(25-2)8-6-14/h4-10,12H,11H2,1-3H3,(H,21,23)(H,22,24). The smallest absolute Gasteiger partial charge is 0.237 e. The Morgan fingerprint density at radius 2 is 1.78 bits per heavy atom. The van der Waals surface area contributed by atoms with Gasteiger partial charge in [-0.2, -0.15) is 0 Å². The van der Waals surface area contributed by atoms with Gasteiger partial charge in [-0.15, -0.1) is 11.8 Å². The van der Waals surface area contributed by atoms with Crippen LogP contribution in [0.3, 0.4) is 0 Å². The third kappa shape index (κ3) is 6.37. The average molecular weight is 409 g/mol. The molecule has 0 heterocycles.